The Morgan fingerprint density at radius 3 is 2.70 bits per heavy atom. The quantitative estimate of drug-likeness (QED) is 0.526. The molecule has 0 aromatic carbocycles. The van der Waals surface area contributed by atoms with E-state index in [-0.39, 0.29) is 0 Å². The summed E-state index contributed by atoms with van der Waals surface area (Å²) in [6.07, 6.45) is 3.63. The van der Waals surface area contributed by atoms with E-state index in [9.17, 15) is 0 Å². The summed E-state index contributed by atoms with van der Waals surface area (Å²) in [5.74, 6) is 0. The van der Waals surface area contributed by atoms with Crippen LogP contribution in [0.5, 0.6) is 0 Å². The topological polar surface area (TPSA) is 12.2 Å². The van der Waals surface area contributed by atoms with E-state index in [1.165, 1.54) is 5.04 Å². The predicted octanol–water partition coefficient (Wildman–Crippen LogP) is 0.809. The fourth-order valence-electron chi connectivity index (χ4n) is 1.22. The summed E-state index contributed by atoms with van der Waals surface area (Å²) in [6.45, 7) is 1.05. The van der Waals surface area contributed by atoms with Gasteiger partial charge in [-0.15, -0.1) is 0 Å². The Kier molecular flexibility index (Phi) is 2.74. The molecule has 1 aliphatic rings. The van der Waals surface area contributed by atoms with Gasteiger partial charge in [0.05, 0.1) is 6.42 Å². The molecule has 3 heteroatoms. The maximum atomic E-state index is 5.24. The number of rotatable bonds is 1. The van der Waals surface area contributed by atoms with E-state index in [1.807, 2.05) is 11.8 Å². The van der Waals surface area contributed by atoms with Crippen molar-refractivity contribution in [1.82, 2.24) is 0 Å². The Hall–Kier alpha value is -0.0200. The van der Waals surface area contributed by atoms with Crippen LogP contribution in [0.15, 0.2) is 0 Å². The minimum atomic E-state index is 0.424. The second-order valence-electron chi connectivity index (χ2n) is 2.54. The van der Waals surface area contributed by atoms with Crippen molar-refractivity contribution in [2.24, 2.45) is 0 Å². The van der Waals surface area contributed by atoms with Gasteiger partial charge in [0, 0.05) is 7.11 Å². The molecule has 0 N–H and O–H groups in total. The minimum Gasteiger partial charge on any atom is -0.374 e. The standard InChI is InChI=1S/C7H14NOS/c1-8-5-6(9-2)4-7(8)10-3/h6H,4-5H2,1-3H3/q+1/t6-/m1/s1. The molecule has 0 radical (unpaired) electrons. The zero-order valence-electron chi connectivity index (χ0n) is 6.76. The van der Waals surface area contributed by atoms with Gasteiger partial charge in [-0.3, -0.25) is 0 Å². The molecule has 2 nitrogen and oxygen atoms in total. The molecule has 0 saturated heterocycles. The van der Waals surface area contributed by atoms with E-state index in [0.29, 0.717) is 6.10 Å². The van der Waals surface area contributed by atoms with Crippen LogP contribution in [0.1, 0.15) is 6.42 Å². The van der Waals surface area contributed by atoms with E-state index in [1.54, 1.807) is 7.11 Å². The Labute approximate surface area is 66.3 Å². The molecule has 1 atom stereocenters. The van der Waals surface area contributed by atoms with Crippen LogP contribution in [0.3, 0.4) is 0 Å². The normalized spacial score (nSPS) is 26.1. The lowest BCUT2D eigenvalue weighted by Gasteiger charge is -1.99. The van der Waals surface area contributed by atoms with Gasteiger partial charge >= 0.3 is 0 Å². The Morgan fingerprint density at radius 1 is 1.70 bits per heavy atom. The molecule has 1 heterocycles. The van der Waals surface area contributed by atoms with Gasteiger partial charge in [0.2, 0.25) is 5.04 Å². The van der Waals surface area contributed by atoms with Gasteiger partial charge in [0.1, 0.15) is 13.2 Å². The highest BCUT2D eigenvalue weighted by Crippen LogP contribution is 2.14. The number of hydrogen-bond acceptors (Lipinski definition) is 2. The largest absolute Gasteiger partial charge is 0.374 e. The molecule has 0 amide bonds. The Morgan fingerprint density at radius 2 is 2.40 bits per heavy atom. The van der Waals surface area contributed by atoms with Crippen molar-refractivity contribution in [2.75, 3.05) is 27.0 Å². The van der Waals surface area contributed by atoms with Gasteiger partial charge in [0.25, 0.3) is 0 Å². The van der Waals surface area contributed by atoms with Crippen LogP contribution in [-0.2, 0) is 4.74 Å². The first-order valence-electron chi connectivity index (χ1n) is 3.41. The Bertz CT molecular complexity index is 156. The fourth-order valence-corrected chi connectivity index (χ4v) is 1.96. The van der Waals surface area contributed by atoms with Gasteiger partial charge in [-0.1, -0.05) is 11.8 Å². The lowest BCUT2D eigenvalue weighted by Crippen LogP contribution is -2.14. The molecule has 0 unspecified atom stereocenters. The number of likely N-dealkylation sites (N-methyl/N-ethyl adjacent to an activating group) is 1. The molecule has 58 valence electrons. The fraction of sp³-hybridized carbons (Fsp3) is 0.857. The van der Waals surface area contributed by atoms with Crippen molar-refractivity contribution in [3.8, 4) is 0 Å². The van der Waals surface area contributed by atoms with Crippen molar-refractivity contribution >= 4 is 16.8 Å². The van der Waals surface area contributed by atoms with Crippen LogP contribution in [0, 0.1) is 0 Å². The molecule has 0 spiro atoms. The molecular weight excluding hydrogens is 146 g/mol. The second kappa shape index (κ2) is 3.39. The first kappa shape index (κ1) is 8.08. The van der Waals surface area contributed by atoms with Crippen molar-refractivity contribution in [3.05, 3.63) is 0 Å². The van der Waals surface area contributed by atoms with Crippen LogP contribution in [-0.4, -0.2) is 42.7 Å². The molecule has 1 aliphatic heterocycles. The van der Waals surface area contributed by atoms with E-state index >= 15 is 0 Å². The summed E-state index contributed by atoms with van der Waals surface area (Å²) < 4.78 is 7.50. The van der Waals surface area contributed by atoms with E-state index in [0.717, 1.165) is 13.0 Å². The number of nitrogens with zero attached hydrogens (tertiary/aromatic N) is 1. The monoisotopic (exact) mass is 160 g/mol. The maximum absolute atomic E-state index is 5.24. The molecule has 0 aromatic heterocycles. The first-order valence-corrected chi connectivity index (χ1v) is 4.64. The first-order chi connectivity index (χ1) is 4.77. The van der Waals surface area contributed by atoms with Crippen LogP contribution in [0.4, 0.5) is 0 Å². The van der Waals surface area contributed by atoms with E-state index < -0.39 is 0 Å². The van der Waals surface area contributed by atoms with Crippen molar-refractivity contribution < 1.29 is 9.31 Å². The number of methoxy groups -OCH3 is 1. The number of hydrogen-bond donors (Lipinski definition) is 0. The third kappa shape index (κ3) is 1.52. The Balaban J connectivity index is 2.50. The third-order valence-corrected chi connectivity index (χ3v) is 2.82. The molecular formula is C7H14NOS+. The SMILES string of the molecule is CO[C@@H]1CC(SC)=[N+](C)C1. The van der Waals surface area contributed by atoms with Gasteiger partial charge in [0.15, 0.2) is 6.54 Å². The maximum Gasteiger partial charge on any atom is 0.213 e. The lowest BCUT2D eigenvalue weighted by molar-refractivity contribution is -0.493. The summed E-state index contributed by atoms with van der Waals surface area (Å²) in [4.78, 5) is 0. The predicted molar refractivity (Wildman–Crippen MR) is 45.0 cm³/mol. The van der Waals surface area contributed by atoms with Gasteiger partial charge in [-0.2, -0.15) is 0 Å². The molecule has 0 saturated carbocycles. The zero-order valence-corrected chi connectivity index (χ0v) is 7.57. The van der Waals surface area contributed by atoms with E-state index in [4.69, 9.17) is 4.74 Å². The summed E-state index contributed by atoms with van der Waals surface area (Å²) in [7, 11) is 3.90. The molecule has 0 aliphatic carbocycles. The van der Waals surface area contributed by atoms with Gasteiger partial charge in [-0.25, -0.2) is 4.58 Å². The number of thioether (sulfide) groups is 1. The molecule has 0 aromatic rings. The highest BCUT2D eigenvalue weighted by molar-refractivity contribution is 8.13. The zero-order chi connectivity index (χ0) is 7.56. The molecule has 0 fully saturated rings. The molecule has 1 rings (SSSR count). The highest BCUT2D eigenvalue weighted by Gasteiger charge is 2.27. The summed E-state index contributed by atoms with van der Waals surface area (Å²) in [5, 5.41) is 1.44. The smallest absolute Gasteiger partial charge is 0.213 e. The summed E-state index contributed by atoms with van der Waals surface area (Å²) >= 11 is 1.82. The van der Waals surface area contributed by atoms with Crippen molar-refractivity contribution in [1.29, 1.82) is 0 Å². The molecule has 0 bridgehead atoms. The third-order valence-electron chi connectivity index (χ3n) is 1.87. The van der Waals surface area contributed by atoms with Crippen LogP contribution < -0.4 is 0 Å². The van der Waals surface area contributed by atoms with Crippen molar-refractivity contribution in [2.45, 2.75) is 12.5 Å². The van der Waals surface area contributed by atoms with E-state index in [2.05, 4.69) is 17.9 Å². The van der Waals surface area contributed by atoms with Gasteiger partial charge < -0.3 is 4.74 Å². The molecule has 10 heavy (non-hydrogen) atoms. The lowest BCUT2D eigenvalue weighted by atomic mass is 10.3. The van der Waals surface area contributed by atoms with Crippen LogP contribution in [0.25, 0.3) is 0 Å². The average molecular weight is 160 g/mol. The number of ether oxygens (including phenoxy) is 1. The minimum absolute atomic E-state index is 0.424. The van der Waals surface area contributed by atoms with Crippen LogP contribution >= 0.6 is 11.8 Å². The highest BCUT2D eigenvalue weighted by atomic mass is 32.2. The van der Waals surface area contributed by atoms with Gasteiger partial charge in [-0.05, 0) is 6.26 Å². The summed E-state index contributed by atoms with van der Waals surface area (Å²) in [5.41, 5.74) is 0. The van der Waals surface area contributed by atoms with Crippen molar-refractivity contribution in [3.63, 3.8) is 0 Å². The summed E-state index contributed by atoms with van der Waals surface area (Å²) in [6, 6.07) is 0. The average Bonchev–Trinajstić information content (AvgIpc) is 2.30. The second-order valence-corrected chi connectivity index (χ2v) is 3.42. The van der Waals surface area contributed by atoms with Crippen LogP contribution in [0.2, 0.25) is 0 Å².